The Morgan fingerprint density at radius 1 is 1.21 bits per heavy atom. The Balaban J connectivity index is 0.00000117. The number of carbonyl (C=O) groups is 1. The maximum atomic E-state index is 13.1. The minimum absolute atomic E-state index is 0.0388. The molecule has 29 heavy (non-hydrogen) atoms. The van der Waals surface area contributed by atoms with Crippen LogP contribution in [0.15, 0.2) is 36.4 Å². The molecule has 3 aromatic rings. The summed E-state index contributed by atoms with van der Waals surface area (Å²) in [5.41, 5.74) is 3.14. The molecule has 0 radical (unpaired) electrons. The third kappa shape index (κ3) is 3.45. The van der Waals surface area contributed by atoms with Crippen LogP contribution in [0.3, 0.4) is 0 Å². The predicted molar refractivity (Wildman–Crippen MR) is 109 cm³/mol. The van der Waals surface area contributed by atoms with Crippen LogP contribution in [-0.4, -0.2) is 34.0 Å². The second-order valence-electron chi connectivity index (χ2n) is 6.67. The number of para-hydroxylation sites is 1. The number of ether oxygens (including phenoxy) is 1. The Bertz CT molecular complexity index is 1050. The first-order valence-electron chi connectivity index (χ1n) is 9.76. The first-order valence-corrected chi connectivity index (χ1v) is 9.76. The van der Waals surface area contributed by atoms with Gasteiger partial charge in [0.05, 0.1) is 22.6 Å². The Labute approximate surface area is 168 Å². The first kappa shape index (κ1) is 20.8. The Morgan fingerprint density at radius 3 is 2.59 bits per heavy atom. The van der Waals surface area contributed by atoms with Crippen LogP contribution in [0.25, 0.3) is 16.7 Å². The van der Waals surface area contributed by atoms with E-state index in [1.807, 2.05) is 45.9 Å². The van der Waals surface area contributed by atoms with Crippen molar-refractivity contribution in [1.29, 1.82) is 0 Å². The van der Waals surface area contributed by atoms with Gasteiger partial charge in [-0.15, -0.1) is 0 Å². The van der Waals surface area contributed by atoms with Crippen LogP contribution < -0.4 is 4.74 Å². The van der Waals surface area contributed by atoms with E-state index in [0.29, 0.717) is 23.5 Å². The number of amides is 1. The summed E-state index contributed by atoms with van der Waals surface area (Å²) in [5.74, 6) is 0.351. The molecule has 1 aliphatic rings. The van der Waals surface area contributed by atoms with Crippen molar-refractivity contribution in [2.75, 3.05) is 7.05 Å². The van der Waals surface area contributed by atoms with E-state index < -0.39 is 6.61 Å². The zero-order valence-corrected chi connectivity index (χ0v) is 17.2. The second-order valence-corrected chi connectivity index (χ2v) is 6.67. The lowest BCUT2D eigenvalue weighted by molar-refractivity contribution is -0.0498. The molecule has 0 spiro atoms. The van der Waals surface area contributed by atoms with Crippen molar-refractivity contribution in [3.8, 4) is 11.4 Å². The molecule has 1 amide bonds. The van der Waals surface area contributed by atoms with E-state index in [2.05, 4.69) is 0 Å². The molecule has 1 aliphatic heterocycles. The van der Waals surface area contributed by atoms with Gasteiger partial charge in [0.25, 0.3) is 5.91 Å². The topological polar surface area (TPSA) is 47.4 Å². The second kappa shape index (κ2) is 8.19. The molecule has 0 unspecified atom stereocenters. The molecular formula is C22H25F2N3O2. The van der Waals surface area contributed by atoms with Gasteiger partial charge >= 0.3 is 6.61 Å². The van der Waals surface area contributed by atoms with Crippen LogP contribution in [0.1, 0.15) is 55.0 Å². The molecular weight excluding hydrogens is 376 g/mol. The van der Waals surface area contributed by atoms with Crippen LogP contribution in [0.4, 0.5) is 8.78 Å². The van der Waals surface area contributed by atoms with Gasteiger partial charge in [0.1, 0.15) is 11.5 Å². The number of aryl methyl sites for hydroxylation is 1. The van der Waals surface area contributed by atoms with Crippen LogP contribution in [0.5, 0.6) is 5.75 Å². The van der Waals surface area contributed by atoms with Crippen molar-refractivity contribution >= 4 is 16.9 Å². The Kier molecular flexibility index (Phi) is 5.86. The number of rotatable bonds is 3. The number of hydrogen-bond donors (Lipinski definition) is 0. The summed E-state index contributed by atoms with van der Waals surface area (Å²) in [5, 5.41) is 0. The smallest absolute Gasteiger partial charge is 0.387 e. The van der Waals surface area contributed by atoms with Crippen molar-refractivity contribution in [3.63, 3.8) is 0 Å². The molecule has 0 fully saturated rings. The highest BCUT2D eigenvalue weighted by atomic mass is 19.3. The highest BCUT2D eigenvalue weighted by molar-refractivity contribution is 6.00. The molecule has 1 aromatic heterocycles. The van der Waals surface area contributed by atoms with E-state index >= 15 is 0 Å². The number of carbonyl (C=O) groups excluding carboxylic acids is 1. The number of halogens is 2. The average molecular weight is 401 g/mol. The van der Waals surface area contributed by atoms with Gasteiger partial charge in [0.2, 0.25) is 0 Å². The molecule has 5 nitrogen and oxygen atoms in total. The van der Waals surface area contributed by atoms with Gasteiger partial charge in [-0.1, -0.05) is 32.9 Å². The van der Waals surface area contributed by atoms with Gasteiger partial charge in [-0.25, -0.2) is 4.98 Å². The number of nitrogens with zero attached hydrogens (tertiary/aromatic N) is 3. The zero-order valence-electron chi connectivity index (χ0n) is 17.2. The molecule has 7 heteroatoms. The lowest BCUT2D eigenvalue weighted by atomic mass is 10.1. The SMILES string of the molecule is CC.CC[C@@H]1c2nc3ccc(C)cc3n2-c2c(OC(F)F)cccc2C(=O)N1C. The van der Waals surface area contributed by atoms with Crippen LogP contribution in [0, 0.1) is 6.92 Å². The Hall–Kier alpha value is -2.96. The van der Waals surface area contributed by atoms with Crippen molar-refractivity contribution in [3.05, 3.63) is 53.3 Å². The van der Waals surface area contributed by atoms with Crippen molar-refractivity contribution in [1.82, 2.24) is 14.5 Å². The van der Waals surface area contributed by atoms with Crippen LogP contribution >= 0.6 is 0 Å². The molecule has 0 saturated carbocycles. The van der Waals surface area contributed by atoms with Gasteiger partial charge in [-0.2, -0.15) is 8.78 Å². The normalized spacial score (nSPS) is 15.5. The van der Waals surface area contributed by atoms with Gasteiger partial charge in [0.15, 0.2) is 5.75 Å². The van der Waals surface area contributed by atoms with E-state index in [1.165, 1.54) is 6.07 Å². The summed E-state index contributed by atoms with van der Waals surface area (Å²) in [6.07, 6.45) is 0.642. The van der Waals surface area contributed by atoms with Crippen molar-refractivity contribution in [2.45, 2.75) is 46.8 Å². The fourth-order valence-electron chi connectivity index (χ4n) is 3.74. The van der Waals surface area contributed by atoms with E-state index in [0.717, 1.165) is 16.6 Å². The maximum absolute atomic E-state index is 13.1. The summed E-state index contributed by atoms with van der Waals surface area (Å²) in [7, 11) is 1.71. The zero-order chi connectivity index (χ0) is 21.3. The highest BCUT2D eigenvalue weighted by Gasteiger charge is 2.35. The monoisotopic (exact) mass is 401 g/mol. The minimum atomic E-state index is -2.99. The summed E-state index contributed by atoms with van der Waals surface area (Å²) in [4.78, 5) is 19.4. The quantitative estimate of drug-likeness (QED) is 0.582. The third-order valence-corrected chi connectivity index (χ3v) is 4.98. The van der Waals surface area contributed by atoms with E-state index in [-0.39, 0.29) is 17.7 Å². The van der Waals surface area contributed by atoms with Gasteiger partial charge in [-0.3, -0.25) is 9.36 Å². The standard InChI is InChI=1S/C20H19F2N3O2.C2H6/c1-4-14-18-23-13-9-8-11(2)10-15(13)25(18)17-12(19(26)24(14)3)6-5-7-16(17)27-20(21)22;1-2/h5-10,14,20H,4H2,1-3H3;1-2H3/t14-;/m1./s1. The van der Waals surface area contributed by atoms with Gasteiger partial charge < -0.3 is 9.64 Å². The number of aromatic nitrogens is 2. The summed E-state index contributed by atoms with van der Waals surface area (Å²) < 4.78 is 32.7. The fraction of sp³-hybridized carbons (Fsp3) is 0.364. The molecule has 2 aromatic carbocycles. The number of imidazole rings is 1. The summed E-state index contributed by atoms with van der Waals surface area (Å²) in [6.45, 7) is 4.93. The molecule has 0 aliphatic carbocycles. The highest BCUT2D eigenvalue weighted by Crippen LogP contribution is 2.40. The lowest BCUT2D eigenvalue weighted by Gasteiger charge is -2.24. The molecule has 0 saturated heterocycles. The third-order valence-electron chi connectivity index (χ3n) is 4.98. The fourth-order valence-corrected chi connectivity index (χ4v) is 3.74. The van der Waals surface area contributed by atoms with E-state index in [9.17, 15) is 13.6 Å². The molecule has 4 rings (SSSR count). The number of alkyl halides is 2. The maximum Gasteiger partial charge on any atom is 0.387 e. The number of hydrogen-bond acceptors (Lipinski definition) is 3. The number of fused-ring (bicyclic) bond motifs is 5. The predicted octanol–water partition coefficient (Wildman–Crippen LogP) is 5.50. The van der Waals surface area contributed by atoms with E-state index in [1.54, 1.807) is 28.6 Å². The van der Waals surface area contributed by atoms with E-state index in [4.69, 9.17) is 9.72 Å². The molecule has 0 N–H and O–H groups in total. The Morgan fingerprint density at radius 2 is 1.93 bits per heavy atom. The van der Waals surface area contributed by atoms with Gasteiger partial charge in [0, 0.05) is 7.05 Å². The summed E-state index contributed by atoms with van der Waals surface area (Å²) >= 11 is 0. The number of benzene rings is 2. The van der Waals surface area contributed by atoms with Crippen LogP contribution in [0.2, 0.25) is 0 Å². The lowest BCUT2D eigenvalue weighted by Crippen LogP contribution is -2.30. The van der Waals surface area contributed by atoms with Crippen LogP contribution in [-0.2, 0) is 0 Å². The summed E-state index contributed by atoms with van der Waals surface area (Å²) in [6, 6.07) is 10.2. The molecule has 2 heterocycles. The minimum Gasteiger partial charge on any atom is -0.433 e. The van der Waals surface area contributed by atoms with Crippen molar-refractivity contribution < 1.29 is 18.3 Å². The van der Waals surface area contributed by atoms with Gasteiger partial charge in [-0.05, 0) is 43.2 Å². The largest absolute Gasteiger partial charge is 0.433 e. The average Bonchev–Trinajstić information content (AvgIpc) is 3.02. The first-order chi connectivity index (χ1) is 13.9. The molecule has 0 bridgehead atoms. The van der Waals surface area contributed by atoms with Crippen molar-refractivity contribution in [2.24, 2.45) is 0 Å². The molecule has 1 atom stereocenters. The molecule has 154 valence electrons.